The Balaban J connectivity index is 2.44. The molecule has 0 aliphatic rings. The summed E-state index contributed by atoms with van der Waals surface area (Å²) in [5, 5.41) is 12.8. The quantitative estimate of drug-likeness (QED) is 0.825. The van der Waals surface area contributed by atoms with Gasteiger partial charge in [-0.05, 0) is 17.7 Å². The van der Waals surface area contributed by atoms with Gasteiger partial charge in [0.1, 0.15) is 0 Å². The zero-order chi connectivity index (χ0) is 10.8. The smallest absolute Gasteiger partial charge is 0.307 e. The van der Waals surface area contributed by atoms with Crippen LogP contribution in [0.5, 0.6) is 0 Å². The predicted octanol–water partition coefficient (Wildman–Crippen LogP) is 1.82. The van der Waals surface area contributed by atoms with Gasteiger partial charge in [0.15, 0.2) is 0 Å². The van der Waals surface area contributed by atoms with Crippen LogP contribution in [-0.4, -0.2) is 20.7 Å². The maximum atomic E-state index is 10.6. The molecule has 15 heavy (non-hydrogen) atoms. The van der Waals surface area contributed by atoms with E-state index in [1.54, 1.807) is 10.7 Å². The first kappa shape index (κ1) is 9.45. The Bertz CT molecular complexity index is 528. The Morgan fingerprint density at radius 2 is 2.33 bits per heavy atom. The van der Waals surface area contributed by atoms with Crippen molar-refractivity contribution in [3.63, 3.8) is 0 Å². The molecule has 4 heteroatoms. The van der Waals surface area contributed by atoms with E-state index in [-0.39, 0.29) is 6.42 Å². The van der Waals surface area contributed by atoms with Gasteiger partial charge in [0.05, 0.1) is 18.1 Å². The number of fused-ring (bicyclic) bond motifs is 1. The van der Waals surface area contributed by atoms with Crippen molar-refractivity contribution in [1.29, 1.82) is 0 Å². The van der Waals surface area contributed by atoms with Gasteiger partial charge < -0.3 is 5.11 Å². The van der Waals surface area contributed by atoms with Gasteiger partial charge >= 0.3 is 5.97 Å². The number of carbonyl (C=O) groups is 1. The number of aromatic nitrogens is 2. The first-order chi connectivity index (χ1) is 7.18. The molecule has 1 N–H and O–H groups in total. The average molecular weight is 202 g/mol. The molecular formula is C11H10N2O2. The Labute approximate surface area is 86.5 Å². The van der Waals surface area contributed by atoms with Crippen molar-refractivity contribution in [2.24, 2.45) is 0 Å². The Kier molecular flexibility index (Phi) is 2.25. The maximum Gasteiger partial charge on any atom is 0.307 e. The SMILES string of the molecule is C=C(CC(=O)O)c1cnn2ccccc12. The van der Waals surface area contributed by atoms with E-state index in [2.05, 4.69) is 11.7 Å². The largest absolute Gasteiger partial charge is 0.481 e. The minimum absolute atomic E-state index is 0.0593. The molecule has 0 bridgehead atoms. The molecule has 2 heterocycles. The van der Waals surface area contributed by atoms with E-state index < -0.39 is 5.97 Å². The van der Waals surface area contributed by atoms with Crippen LogP contribution >= 0.6 is 0 Å². The maximum absolute atomic E-state index is 10.6. The van der Waals surface area contributed by atoms with Crippen molar-refractivity contribution in [3.05, 3.63) is 42.7 Å². The molecule has 2 rings (SSSR count). The molecule has 4 nitrogen and oxygen atoms in total. The van der Waals surface area contributed by atoms with E-state index in [1.807, 2.05) is 24.4 Å². The zero-order valence-corrected chi connectivity index (χ0v) is 8.05. The second-order valence-corrected chi connectivity index (χ2v) is 3.26. The van der Waals surface area contributed by atoms with Gasteiger partial charge in [0.2, 0.25) is 0 Å². The van der Waals surface area contributed by atoms with E-state index >= 15 is 0 Å². The number of hydrogen-bond donors (Lipinski definition) is 1. The number of pyridine rings is 1. The van der Waals surface area contributed by atoms with Gasteiger partial charge in [-0.15, -0.1) is 0 Å². The van der Waals surface area contributed by atoms with E-state index in [0.29, 0.717) is 5.57 Å². The number of carboxylic acid groups (broad SMARTS) is 1. The van der Waals surface area contributed by atoms with Crippen molar-refractivity contribution in [1.82, 2.24) is 9.61 Å². The van der Waals surface area contributed by atoms with Crippen LogP contribution in [0.3, 0.4) is 0 Å². The topological polar surface area (TPSA) is 54.6 Å². The first-order valence-corrected chi connectivity index (χ1v) is 4.51. The molecule has 0 spiro atoms. The summed E-state index contributed by atoms with van der Waals surface area (Å²) in [7, 11) is 0. The lowest BCUT2D eigenvalue weighted by molar-refractivity contribution is -0.135. The third-order valence-corrected chi connectivity index (χ3v) is 2.17. The summed E-state index contributed by atoms with van der Waals surface area (Å²) >= 11 is 0. The Hall–Kier alpha value is -2.10. The fraction of sp³-hybridized carbons (Fsp3) is 0.0909. The lowest BCUT2D eigenvalue weighted by Gasteiger charge is -1.99. The summed E-state index contributed by atoms with van der Waals surface area (Å²) in [6.45, 7) is 3.75. The summed E-state index contributed by atoms with van der Waals surface area (Å²) in [5.41, 5.74) is 2.24. The molecule has 0 aliphatic carbocycles. The molecule has 0 atom stereocenters. The van der Waals surface area contributed by atoms with Gasteiger partial charge in [-0.1, -0.05) is 12.6 Å². The average Bonchev–Trinajstić information content (AvgIpc) is 2.59. The third kappa shape index (κ3) is 1.74. The molecule has 0 saturated carbocycles. The standard InChI is InChI=1S/C11H10N2O2/c1-8(6-11(14)15)9-7-12-13-5-3-2-4-10(9)13/h2-5,7H,1,6H2,(H,14,15). The van der Waals surface area contributed by atoms with Crippen molar-refractivity contribution in [2.75, 3.05) is 0 Å². The minimum Gasteiger partial charge on any atom is -0.481 e. The summed E-state index contributed by atoms with van der Waals surface area (Å²) in [6.07, 6.45) is 3.39. The van der Waals surface area contributed by atoms with E-state index in [0.717, 1.165) is 11.1 Å². The summed E-state index contributed by atoms with van der Waals surface area (Å²) in [6, 6.07) is 5.63. The second kappa shape index (κ2) is 3.57. The molecule has 0 unspecified atom stereocenters. The van der Waals surface area contributed by atoms with Gasteiger partial charge in [-0.25, -0.2) is 4.52 Å². The lowest BCUT2D eigenvalue weighted by atomic mass is 10.1. The molecule has 76 valence electrons. The highest BCUT2D eigenvalue weighted by atomic mass is 16.4. The van der Waals surface area contributed by atoms with Gasteiger partial charge in [-0.3, -0.25) is 4.79 Å². The molecule has 2 aromatic heterocycles. The fourth-order valence-electron chi connectivity index (χ4n) is 1.48. The zero-order valence-electron chi connectivity index (χ0n) is 8.05. The van der Waals surface area contributed by atoms with Crippen LogP contribution in [0.25, 0.3) is 11.1 Å². The number of nitrogens with zero attached hydrogens (tertiary/aromatic N) is 2. The number of carboxylic acids is 1. The summed E-state index contributed by atoms with van der Waals surface area (Å²) < 4.78 is 1.70. The van der Waals surface area contributed by atoms with Gasteiger partial charge in [0, 0.05) is 11.8 Å². The van der Waals surface area contributed by atoms with Crippen molar-refractivity contribution < 1.29 is 9.90 Å². The highest BCUT2D eigenvalue weighted by Gasteiger charge is 2.09. The monoisotopic (exact) mass is 202 g/mol. The van der Waals surface area contributed by atoms with Crippen LogP contribution in [0, 0.1) is 0 Å². The summed E-state index contributed by atoms with van der Waals surface area (Å²) in [5.74, 6) is -0.879. The second-order valence-electron chi connectivity index (χ2n) is 3.26. The van der Waals surface area contributed by atoms with Gasteiger partial charge in [0.25, 0.3) is 0 Å². The van der Waals surface area contributed by atoms with Crippen LogP contribution in [0.2, 0.25) is 0 Å². The predicted molar refractivity (Wildman–Crippen MR) is 56.5 cm³/mol. The highest BCUT2D eigenvalue weighted by Crippen LogP contribution is 2.20. The van der Waals surface area contributed by atoms with Crippen molar-refractivity contribution >= 4 is 17.1 Å². The summed E-state index contributed by atoms with van der Waals surface area (Å²) in [4.78, 5) is 10.6. The van der Waals surface area contributed by atoms with Crippen LogP contribution in [0.4, 0.5) is 0 Å². The number of rotatable bonds is 3. The van der Waals surface area contributed by atoms with E-state index in [9.17, 15) is 4.79 Å². The van der Waals surface area contributed by atoms with Crippen LogP contribution < -0.4 is 0 Å². The highest BCUT2D eigenvalue weighted by molar-refractivity contribution is 5.87. The Morgan fingerprint density at radius 1 is 1.53 bits per heavy atom. The molecule has 0 radical (unpaired) electrons. The van der Waals surface area contributed by atoms with Crippen LogP contribution in [0.1, 0.15) is 12.0 Å². The fourth-order valence-corrected chi connectivity index (χ4v) is 1.48. The van der Waals surface area contributed by atoms with Crippen molar-refractivity contribution in [2.45, 2.75) is 6.42 Å². The van der Waals surface area contributed by atoms with E-state index in [1.165, 1.54) is 0 Å². The molecule has 0 aliphatic heterocycles. The van der Waals surface area contributed by atoms with Crippen LogP contribution in [0.15, 0.2) is 37.2 Å². The number of hydrogen-bond acceptors (Lipinski definition) is 2. The number of aliphatic carboxylic acids is 1. The van der Waals surface area contributed by atoms with E-state index in [4.69, 9.17) is 5.11 Å². The normalized spacial score (nSPS) is 10.4. The van der Waals surface area contributed by atoms with Crippen molar-refractivity contribution in [3.8, 4) is 0 Å². The molecule has 0 saturated heterocycles. The minimum atomic E-state index is -0.879. The third-order valence-electron chi connectivity index (χ3n) is 2.17. The lowest BCUT2D eigenvalue weighted by Crippen LogP contribution is -1.95. The van der Waals surface area contributed by atoms with Crippen LogP contribution in [-0.2, 0) is 4.79 Å². The molecule has 0 aromatic carbocycles. The molecule has 2 aromatic rings. The molecule has 0 fully saturated rings. The molecular weight excluding hydrogens is 192 g/mol. The van der Waals surface area contributed by atoms with Gasteiger partial charge in [-0.2, -0.15) is 5.10 Å². The Morgan fingerprint density at radius 3 is 3.07 bits per heavy atom. The molecule has 0 amide bonds. The first-order valence-electron chi connectivity index (χ1n) is 4.51.